The summed E-state index contributed by atoms with van der Waals surface area (Å²) in [6.07, 6.45) is 5.32. The van der Waals surface area contributed by atoms with Crippen molar-refractivity contribution in [1.82, 2.24) is 4.98 Å². The van der Waals surface area contributed by atoms with Crippen LogP contribution in [0.5, 0.6) is 0 Å². The molecule has 1 aromatic heterocycles. The molecular weight excluding hydrogens is 336 g/mol. The molecule has 0 aliphatic carbocycles. The largest absolute Gasteiger partial charge is 0.376 e. The number of carbonyl (C=O) groups excluding carboxylic acids is 1. The van der Waals surface area contributed by atoms with E-state index in [1.807, 2.05) is 24.3 Å². The molecule has 1 aliphatic rings. The molecule has 1 amide bonds. The molecule has 2 aromatic rings. The number of benzene rings is 1. The van der Waals surface area contributed by atoms with Gasteiger partial charge in [0, 0.05) is 18.5 Å². The molecule has 3 rings (SSSR count). The van der Waals surface area contributed by atoms with Gasteiger partial charge in [0.25, 0.3) is 5.91 Å². The number of pyridine rings is 1. The van der Waals surface area contributed by atoms with Gasteiger partial charge in [0.05, 0.1) is 24.9 Å². The summed E-state index contributed by atoms with van der Waals surface area (Å²) in [6, 6.07) is 11.1. The molecule has 25 heavy (non-hydrogen) atoms. The lowest BCUT2D eigenvalue weighted by Gasteiger charge is -2.22. The fourth-order valence-electron chi connectivity index (χ4n) is 2.78. The molecular formula is C19H22N2O3S. The first-order valence-electron chi connectivity index (χ1n) is 8.50. The van der Waals surface area contributed by atoms with Crippen molar-refractivity contribution >= 4 is 23.8 Å². The Morgan fingerprint density at radius 1 is 1.32 bits per heavy atom. The van der Waals surface area contributed by atoms with E-state index in [0.29, 0.717) is 23.4 Å². The summed E-state index contributed by atoms with van der Waals surface area (Å²) in [7, 11) is 0. The van der Waals surface area contributed by atoms with Gasteiger partial charge in [-0.1, -0.05) is 24.4 Å². The quantitative estimate of drug-likeness (QED) is 0.764. The maximum atomic E-state index is 12.3. The third kappa shape index (κ3) is 5.22. The first-order chi connectivity index (χ1) is 12.2. The third-order valence-corrected chi connectivity index (χ3v) is 4.43. The van der Waals surface area contributed by atoms with Crippen LogP contribution in [0.3, 0.4) is 0 Å². The smallest absolute Gasteiger partial charge is 0.258 e. The van der Waals surface area contributed by atoms with Crippen molar-refractivity contribution < 1.29 is 14.3 Å². The first kappa shape index (κ1) is 17.8. The van der Waals surface area contributed by atoms with Gasteiger partial charge in [0.15, 0.2) is 0 Å². The summed E-state index contributed by atoms with van der Waals surface area (Å²) < 4.78 is 11.8. The van der Waals surface area contributed by atoms with Gasteiger partial charge in [-0.15, -0.1) is 0 Å². The number of nitrogens with one attached hydrogen (secondary N) is 2. The highest BCUT2D eigenvalue weighted by molar-refractivity contribution is 7.71. The summed E-state index contributed by atoms with van der Waals surface area (Å²) in [4.78, 5) is 15.2. The second kappa shape index (κ2) is 8.89. The molecule has 0 saturated carbocycles. The Labute approximate surface area is 152 Å². The van der Waals surface area contributed by atoms with Gasteiger partial charge in [0.1, 0.15) is 4.64 Å². The number of hydrogen-bond donors (Lipinski definition) is 2. The van der Waals surface area contributed by atoms with Gasteiger partial charge in [-0.2, -0.15) is 0 Å². The number of carbonyl (C=O) groups is 1. The van der Waals surface area contributed by atoms with E-state index in [2.05, 4.69) is 10.3 Å². The van der Waals surface area contributed by atoms with Crippen LogP contribution in [0.1, 0.15) is 35.2 Å². The molecule has 6 heteroatoms. The molecule has 0 radical (unpaired) electrons. The zero-order valence-corrected chi connectivity index (χ0v) is 14.8. The van der Waals surface area contributed by atoms with Gasteiger partial charge in [-0.05, 0) is 49.1 Å². The Morgan fingerprint density at radius 3 is 3.04 bits per heavy atom. The Hall–Kier alpha value is -2.02. The van der Waals surface area contributed by atoms with Crippen molar-refractivity contribution in [1.29, 1.82) is 0 Å². The standard InChI is InChI=1S/C19H22N2O3S/c22-18(17-8-4-9-20-19(17)25)21-15-6-3-5-14(11-15)12-23-13-16-7-1-2-10-24-16/h3-6,8-9,11,16H,1-2,7,10,12-13H2,(H,20,25)(H,21,22). The lowest BCUT2D eigenvalue weighted by atomic mass is 10.1. The van der Waals surface area contributed by atoms with Crippen molar-refractivity contribution in [2.75, 3.05) is 18.5 Å². The van der Waals surface area contributed by atoms with Crippen LogP contribution in [0.4, 0.5) is 5.69 Å². The normalized spacial score (nSPS) is 17.2. The molecule has 1 aliphatic heterocycles. The molecule has 1 fully saturated rings. The fraction of sp³-hybridized carbons (Fsp3) is 0.368. The molecule has 0 spiro atoms. The molecule has 132 valence electrons. The Kier molecular flexibility index (Phi) is 6.33. The summed E-state index contributed by atoms with van der Waals surface area (Å²) in [5.41, 5.74) is 2.18. The minimum absolute atomic E-state index is 0.205. The van der Waals surface area contributed by atoms with Crippen LogP contribution in [0, 0.1) is 4.64 Å². The van der Waals surface area contributed by atoms with Crippen molar-refractivity contribution in [3.05, 3.63) is 58.4 Å². The number of anilines is 1. The second-order valence-electron chi connectivity index (χ2n) is 6.07. The van der Waals surface area contributed by atoms with Crippen LogP contribution in [-0.2, 0) is 16.1 Å². The van der Waals surface area contributed by atoms with Crippen LogP contribution in [0.15, 0.2) is 42.6 Å². The van der Waals surface area contributed by atoms with Crippen LogP contribution in [0.2, 0.25) is 0 Å². The van der Waals surface area contributed by atoms with Crippen LogP contribution < -0.4 is 5.32 Å². The minimum Gasteiger partial charge on any atom is -0.376 e. The van der Waals surface area contributed by atoms with E-state index in [1.54, 1.807) is 18.3 Å². The summed E-state index contributed by atoms with van der Waals surface area (Å²) in [5, 5.41) is 2.87. The molecule has 1 atom stereocenters. The highest BCUT2D eigenvalue weighted by Crippen LogP contribution is 2.16. The van der Waals surface area contributed by atoms with Crippen LogP contribution in [0.25, 0.3) is 0 Å². The number of aromatic nitrogens is 1. The highest BCUT2D eigenvalue weighted by Gasteiger charge is 2.14. The SMILES string of the molecule is O=C(Nc1cccc(COCC2CCCCO2)c1)c1ccc[nH]c1=S. The molecule has 1 saturated heterocycles. The number of amides is 1. The summed E-state index contributed by atoms with van der Waals surface area (Å²) in [6.45, 7) is 1.93. The molecule has 2 heterocycles. The van der Waals surface area contributed by atoms with Gasteiger partial charge in [0.2, 0.25) is 0 Å². The zero-order valence-electron chi connectivity index (χ0n) is 14.0. The molecule has 1 unspecified atom stereocenters. The summed E-state index contributed by atoms with van der Waals surface area (Å²) >= 11 is 5.14. The number of hydrogen-bond acceptors (Lipinski definition) is 4. The number of aromatic amines is 1. The van der Waals surface area contributed by atoms with E-state index >= 15 is 0 Å². The van der Waals surface area contributed by atoms with Gasteiger partial charge < -0.3 is 19.8 Å². The van der Waals surface area contributed by atoms with E-state index in [0.717, 1.165) is 30.7 Å². The average molecular weight is 358 g/mol. The Morgan fingerprint density at radius 2 is 2.24 bits per heavy atom. The summed E-state index contributed by atoms with van der Waals surface area (Å²) in [5.74, 6) is -0.226. The number of rotatable bonds is 6. The Bertz CT molecular complexity index is 769. The topological polar surface area (TPSA) is 63.4 Å². The van der Waals surface area contributed by atoms with E-state index in [1.165, 1.54) is 6.42 Å². The first-order valence-corrected chi connectivity index (χ1v) is 8.90. The van der Waals surface area contributed by atoms with E-state index in [-0.39, 0.29) is 12.0 Å². The van der Waals surface area contributed by atoms with Crippen molar-refractivity contribution in [2.24, 2.45) is 0 Å². The maximum absolute atomic E-state index is 12.3. The van der Waals surface area contributed by atoms with E-state index < -0.39 is 0 Å². The zero-order chi connectivity index (χ0) is 17.5. The average Bonchev–Trinajstić information content (AvgIpc) is 2.63. The lowest BCUT2D eigenvalue weighted by molar-refractivity contribution is -0.0447. The van der Waals surface area contributed by atoms with Crippen molar-refractivity contribution in [3.8, 4) is 0 Å². The van der Waals surface area contributed by atoms with Crippen molar-refractivity contribution in [3.63, 3.8) is 0 Å². The van der Waals surface area contributed by atoms with Gasteiger partial charge in [-0.25, -0.2) is 0 Å². The molecule has 1 aromatic carbocycles. The van der Waals surface area contributed by atoms with Gasteiger partial charge >= 0.3 is 0 Å². The monoisotopic (exact) mass is 358 g/mol. The predicted molar refractivity (Wildman–Crippen MR) is 99.3 cm³/mol. The third-order valence-electron chi connectivity index (χ3n) is 4.09. The lowest BCUT2D eigenvalue weighted by Crippen LogP contribution is -2.24. The number of ether oxygens (including phenoxy) is 2. The predicted octanol–water partition coefficient (Wildman–Crippen LogP) is 4.08. The molecule has 0 bridgehead atoms. The van der Waals surface area contributed by atoms with Crippen LogP contribution >= 0.6 is 12.2 Å². The molecule has 5 nitrogen and oxygen atoms in total. The van der Waals surface area contributed by atoms with Crippen molar-refractivity contribution in [2.45, 2.75) is 32.0 Å². The fourth-order valence-corrected chi connectivity index (χ4v) is 3.01. The second-order valence-corrected chi connectivity index (χ2v) is 6.48. The van der Waals surface area contributed by atoms with Crippen LogP contribution in [-0.4, -0.2) is 30.2 Å². The number of H-pyrrole nitrogens is 1. The molecule has 2 N–H and O–H groups in total. The van der Waals surface area contributed by atoms with E-state index in [4.69, 9.17) is 21.7 Å². The minimum atomic E-state index is -0.226. The highest BCUT2D eigenvalue weighted by atomic mass is 32.1. The maximum Gasteiger partial charge on any atom is 0.258 e. The Balaban J connectivity index is 1.55. The van der Waals surface area contributed by atoms with Gasteiger partial charge in [-0.3, -0.25) is 4.79 Å². The van der Waals surface area contributed by atoms with E-state index in [9.17, 15) is 4.79 Å².